The minimum absolute atomic E-state index is 0.0848. The van der Waals surface area contributed by atoms with Crippen LogP contribution in [0.5, 0.6) is 0 Å². The molecule has 3 rings (SSSR count). The molecular formula is C25H25ClFN3O5. The number of oxime groups is 1. The van der Waals surface area contributed by atoms with Crippen LogP contribution in [0, 0.1) is 5.82 Å². The molecule has 2 atom stereocenters. The van der Waals surface area contributed by atoms with Gasteiger partial charge in [-0.1, -0.05) is 35.0 Å². The summed E-state index contributed by atoms with van der Waals surface area (Å²) in [5, 5.41) is 34.2. The fourth-order valence-electron chi connectivity index (χ4n) is 3.61. The minimum Gasteiger partial charge on any atom is -0.411 e. The average Bonchev–Trinajstić information content (AvgIpc) is 2.85. The minimum atomic E-state index is -1.07. The molecule has 0 aliphatic heterocycles. The summed E-state index contributed by atoms with van der Waals surface area (Å²) in [6.45, 7) is -0.580. The Bertz CT molecular complexity index is 1280. The number of aliphatic hydroxyl groups excluding tert-OH is 2. The monoisotopic (exact) mass is 501 g/mol. The molecular weight excluding hydrogens is 477 g/mol. The van der Waals surface area contributed by atoms with E-state index in [1.165, 1.54) is 29.0 Å². The third-order valence-electron chi connectivity index (χ3n) is 5.56. The lowest BCUT2D eigenvalue weighted by Crippen LogP contribution is -2.33. The number of benzene rings is 2. The molecule has 0 fully saturated rings. The number of nitrogens with zero attached hydrogens (tertiary/aromatic N) is 2. The second kappa shape index (κ2) is 11.7. The number of halogens is 2. The number of rotatable bonds is 9. The van der Waals surface area contributed by atoms with Crippen LogP contribution in [0.25, 0.3) is 0 Å². The van der Waals surface area contributed by atoms with Gasteiger partial charge in [0.25, 0.3) is 5.91 Å². The highest BCUT2D eigenvalue weighted by molar-refractivity contribution is 6.30. The highest BCUT2D eigenvalue weighted by Gasteiger charge is 2.23. The molecule has 2 aromatic carbocycles. The molecule has 184 valence electrons. The smallest absolute Gasteiger partial charge is 0.251 e. The van der Waals surface area contributed by atoms with Gasteiger partial charge in [0.05, 0.1) is 18.4 Å². The zero-order chi connectivity index (χ0) is 25.5. The van der Waals surface area contributed by atoms with E-state index in [1.807, 2.05) is 0 Å². The van der Waals surface area contributed by atoms with Gasteiger partial charge in [0.2, 0.25) is 5.56 Å². The predicted octanol–water partition coefficient (Wildman–Crippen LogP) is 2.66. The first-order chi connectivity index (χ1) is 16.7. The van der Waals surface area contributed by atoms with E-state index in [9.17, 15) is 24.3 Å². The molecule has 0 saturated heterocycles. The van der Waals surface area contributed by atoms with Gasteiger partial charge in [0, 0.05) is 54.3 Å². The molecule has 4 N–H and O–H groups in total. The van der Waals surface area contributed by atoms with Crippen LogP contribution >= 0.6 is 11.6 Å². The number of nitrogens with one attached hydrogen (secondary N) is 1. The van der Waals surface area contributed by atoms with Crippen molar-refractivity contribution < 1.29 is 24.6 Å². The van der Waals surface area contributed by atoms with Crippen molar-refractivity contribution in [3.05, 3.63) is 104 Å². The van der Waals surface area contributed by atoms with Gasteiger partial charge in [0.15, 0.2) is 0 Å². The normalized spacial score (nSPS) is 13.3. The van der Waals surface area contributed by atoms with Crippen molar-refractivity contribution in [3.63, 3.8) is 0 Å². The number of aliphatic hydroxyl groups is 2. The summed E-state index contributed by atoms with van der Waals surface area (Å²) in [6, 6.07) is 13.6. The molecule has 1 unspecified atom stereocenters. The Morgan fingerprint density at radius 2 is 1.83 bits per heavy atom. The van der Waals surface area contributed by atoms with Crippen LogP contribution in [0.15, 0.2) is 70.7 Å². The summed E-state index contributed by atoms with van der Waals surface area (Å²) < 4.78 is 16.3. The topological polar surface area (TPSA) is 124 Å². The second-order valence-electron chi connectivity index (χ2n) is 8.00. The molecule has 10 heteroatoms. The van der Waals surface area contributed by atoms with Gasteiger partial charge in [0.1, 0.15) is 5.82 Å². The number of amides is 1. The lowest BCUT2D eigenvalue weighted by Gasteiger charge is -2.20. The predicted molar refractivity (Wildman–Crippen MR) is 130 cm³/mol. The molecule has 1 amide bonds. The maximum Gasteiger partial charge on any atom is 0.251 e. The van der Waals surface area contributed by atoms with Gasteiger partial charge >= 0.3 is 0 Å². The lowest BCUT2D eigenvalue weighted by atomic mass is 9.85. The largest absolute Gasteiger partial charge is 0.411 e. The van der Waals surface area contributed by atoms with Crippen molar-refractivity contribution in [2.45, 2.75) is 18.4 Å². The number of carbonyl (C=O) groups is 1. The summed E-state index contributed by atoms with van der Waals surface area (Å²) in [6.07, 6.45) is 0.548. The zero-order valence-electron chi connectivity index (χ0n) is 18.9. The Morgan fingerprint density at radius 3 is 2.43 bits per heavy atom. The van der Waals surface area contributed by atoms with Crippen LogP contribution in [0.2, 0.25) is 5.02 Å². The van der Waals surface area contributed by atoms with Crippen LogP contribution in [0.4, 0.5) is 4.39 Å². The first-order valence-electron chi connectivity index (χ1n) is 10.7. The maximum absolute atomic E-state index is 14.9. The van der Waals surface area contributed by atoms with Gasteiger partial charge in [-0.3, -0.25) is 9.59 Å². The molecule has 0 radical (unpaired) electrons. The summed E-state index contributed by atoms with van der Waals surface area (Å²) in [5.74, 6) is -1.59. The number of aromatic nitrogens is 1. The van der Waals surface area contributed by atoms with E-state index in [-0.39, 0.29) is 29.3 Å². The molecule has 1 heterocycles. The van der Waals surface area contributed by atoms with E-state index < -0.39 is 30.4 Å². The second-order valence-corrected chi connectivity index (χ2v) is 8.44. The standard InChI is InChI=1S/C25H25ClFN3O5/c1-30-13-17(6-9-24(30)33)23(29-35)11-21(20-8-7-18(26)10-22(20)27)15-2-4-16(5-3-15)25(34)28-12-19(32)14-31/h2-10,13,19,21,31-32,35H,11-12,14H2,1H3,(H,28,34)/b29-23+/t19-,21?/m1/s1. The Balaban J connectivity index is 1.95. The average molecular weight is 502 g/mol. The van der Waals surface area contributed by atoms with E-state index in [0.717, 1.165) is 0 Å². The quantitative estimate of drug-likeness (QED) is 0.204. The van der Waals surface area contributed by atoms with Crippen molar-refractivity contribution >= 4 is 23.2 Å². The lowest BCUT2D eigenvalue weighted by molar-refractivity contribution is 0.0802. The highest BCUT2D eigenvalue weighted by atomic mass is 35.5. The molecule has 0 aliphatic carbocycles. The van der Waals surface area contributed by atoms with E-state index in [4.69, 9.17) is 16.7 Å². The van der Waals surface area contributed by atoms with Gasteiger partial charge < -0.3 is 25.3 Å². The number of pyridine rings is 1. The van der Waals surface area contributed by atoms with Gasteiger partial charge in [-0.2, -0.15) is 0 Å². The first kappa shape index (κ1) is 26.1. The van der Waals surface area contributed by atoms with E-state index in [0.29, 0.717) is 22.3 Å². The van der Waals surface area contributed by atoms with Crippen LogP contribution in [-0.2, 0) is 7.05 Å². The summed E-state index contributed by atoms with van der Waals surface area (Å²) in [5.41, 5.74) is 1.76. The van der Waals surface area contributed by atoms with Crippen molar-refractivity contribution in [2.24, 2.45) is 12.2 Å². The molecule has 1 aromatic heterocycles. The Hall–Kier alpha value is -3.53. The molecule has 35 heavy (non-hydrogen) atoms. The number of aryl methyl sites for hydroxylation is 1. The van der Waals surface area contributed by atoms with E-state index in [1.54, 1.807) is 43.4 Å². The third-order valence-corrected chi connectivity index (χ3v) is 5.79. The number of carbonyl (C=O) groups excluding carboxylic acids is 1. The van der Waals surface area contributed by atoms with E-state index in [2.05, 4.69) is 10.5 Å². The highest BCUT2D eigenvalue weighted by Crippen LogP contribution is 2.33. The summed E-state index contributed by atoms with van der Waals surface area (Å²) in [4.78, 5) is 24.1. The van der Waals surface area contributed by atoms with Crippen molar-refractivity contribution in [3.8, 4) is 0 Å². The van der Waals surface area contributed by atoms with Crippen molar-refractivity contribution in [2.75, 3.05) is 13.2 Å². The van der Waals surface area contributed by atoms with Crippen molar-refractivity contribution in [1.82, 2.24) is 9.88 Å². The van der Waals surface area contributed by atoms with Gasteiger partial charge in [-0.15, -0.1) is 0 Å². The third kappa shape index (κ3) is 6.54. The Labute approximate surface area is 205 Å². The zero-order valence-corrected chi connectivity index (χ0v) is 19.6. The molecule has 0 bridgehead atoms. The van der Waals surface area contributed by atoms with Crippen LogP contribution in [-0.4, -0.2) is 50.9 Å². The number of hydrogen-bond donors (Lipinski definition) is 4. The van der Waals surface area contributed by atoms with Crippen LogP contribution in [0.1, 0.15) is 39.4 Å². The van der Waals surface area contributed by atoms with Crippen LogP contribution < -0.4 is 10.9 Å². The maximum atomic E-state index is 14.9. The fraction of sp³-hybridized carbons (Fsp3) is 0.240. The molecule has 0 spiro atoms. The van der Waals surface area contributed by atoms with Crippen LogP contribution in [0.3, 0.4) is 0 Å². The van der Waals surface area contributed by atoms with Gasteiger partial charge in [-0.05, 0) is 41.5 Å². The summed E-state index contributed by atoms with van der Waals surface area (Å²) in [7, 11) is 1.57. The Morgan fingerprint density at radius 1 is 1.14 bits per heavy atom. The Kier molecular flexibility index (Phi) is 8.75. The fourth-order valence-corrected chi connectivity index (χ4v) is 3.77. The molecule has 0 saturated carbocycles. The van der Waals surface area contributed by atoms with Crippen molar-refractivity contribution in [1.29, 1.82) is 0 Å². The van der Waals surface area contributed by atoms with Gasteiger partial charge in [-0.25, -0.2) is 4.39 Å². The summed E-state index contributed by atoms with van der Waals surface area (Å²) >= 11 is 5.93. The molecule has 3 aromatic rings. The molecule has 8 nitrogen and oxygen atoms in total. The molecule has 0 aliphatic rings. The van der Waals surface area contributed by atoms with E-state index >= 15 is 0 Å². The first-order valence-corrected chi connectivity index (χ1v) is 11.1. The SMILES string of the molecule is Cn1cc(/C(CC(c2ccc(C(=O)NC[C@@H](O)CO)cc2)c2ccc(Cl)cc2F)=N/O)ccc1=O. The number of hydrogen-bond acceptors (Lipinski definition) is 6.